The predicted molar refractivity (Wildman–Crippen MR) is 90.9 cm³/mol. The van der Waals surface area contributed by atoms with Crippen LogP contribution in [0.25, 0.3) is 0 Å². The Balaban J connectivity index is 1.90. The fourth-order valence-corrected chi connectivity index (χ4v) is 4.13. The number of nitrogens with zero attached hydrogens (tertiary/aromatic N) is 1. The minimum absolute atomic E-state index is 0.00854. The number of carbonyl (C=O) groups is 2. The van der Waals surface area contributed by atoms with Gasteiger partial charge in [-0.2, -0.15) is 0 Å². The van der Waals surface area contributed by atoms with Crippen LogP contribution in [0.4, 0.5) is 0 Å². The summed E-state index contributed by atoms with van der Waals surface area (Å²) in [4.78, 5) is 26.2. The van der Waals surface area contributed by atoms with Gasteiger partial charge in [0.25, 0.3) is 0 Å². The van der Waals surface area contributed by atoms with Crippen LogP contribution in [0.5, 0.6) is 0 Å². The second kappa shape index (κ2) is 6.87. The average molecular weight is 363 g/mol. The molecule has 2 rings (SSSR count). The Morgan fingerprint density at radius 2 is 2.09 bits per heavy atom. The highest BCUT2D eigenvalue weighted by molar-refractivity contribution is 7.20. The Labute approximate surface area is 144 Å². The van der Waals surface area contributed by atoms with Gasteiger partial charge in [-0.05, 0) is 17.9 Å². The van der Waals surface area contributed by atoms with Gasteiger partial charge >= 0.3 is 0 Å². The maximum atomic E-state index is 12.3. The smallest absolute Gasteiger partial charge is 0.223 e. The highest BCUT2D eigenvalue weighted by Gasteiger charge is 2.35. The second-order valence-corrected chi connectivity index (χ2v) is 8.65. The summed E-state index contributed by atoms with van der Waals surface area (Å²) in [5.74, 6) is -0.153. The van der Waals surface area contributed by atoms with Crippen LogP contribution in [-0.2, 0) is 4.79 Å². The Morgan fingerprint density at radius 3 is 2.64 bits per heavy atom. The Hall–Kier alpha value is -0.620. The number of Topliss-reactive ketones (excluding diaryl/α,β-unsaturated/α-hetero) is 1. The van der Waals surface area contributed by atoms with Gasteiger partial charge in [0, 0.05) is 37.5 Å². The normalized spacial score (nSPS) is 21.0. The number of carbonyl (C=O) groups excluding carboxylic acids is 2. The molecule has 2 heterocycles. The number of hydrogen-bond donors (Lipinski definition) is 1. The van der Waals surface area contributed by atoms with Crippen LogP contribution >= 0.6 is 34.5 Å². The lowest BCUT2D eigenvalue weighted by Gasteiger charge is -2.42. The van der Waals surface area contributed by atoms with Crippen LogP contribution in [-0.4, -0.2) is 35.7 Å². The van der Waals surface area contributed by atoms with Crippen molar-refractivity contribution in [2.45, 2.75) is 39.2 Å². The SMILES string of the molecule is CC1(C)CN(C(=O)CCC(=O)c2cc(Cl)sc2Cl)CCC1N. The predicted octanol–water partition coefficient (Wildman–Crippen LogP) is 3.60. The van der Waals surface area contributed by atoms with Gasteiger partial charge in [-0.25, -0.2) is 0 Å². The van der Waals surface area contributed by atoms with Crippen LogP contribution in [0.1, 0.15) is 43.5 Å². The van der Waals surface area contributed by atoms with Crippen molar-refractivity contribution in [1.82, 2.24) is 4.90 Å². The van der Waals surface area contributed by atoms with E-state index in [-0.39, 0.29) is 36.0 Å². The molecule has 1 aliphatic heterocycles. The molecule has 122 valence electrons. The van der Waals surface area contributed by atoms with Gasteiger partial charge in [-0.3, -0.25) is 9.59 Å². The van der Waals surface area contributed by atoms with Gasteiger partial charge in [0.1, 0.15) is 4.34 Å². The van der Waals surface area contributed by atoms with Crippen molar-refractivity contribution < 1.29 is 9.59 Å². The van der Waals surface area contributed by atoms with E-state index in [2.05, 4.69) is 13.8 Å². The van der Waals surface area contributed by atoms with Crippen molar-refractivity contribution in [2.75, 3.05) is 13.1 Å². The van der Waals surface area contributed by atoms with E-state index < -0.39 is 0 Å². The van der Waals surface area contributed by atoms with Crippen molar-refractivity contribution in [2.24, 2.45) is 11.1 Å². The summed E-state index contributed by atoms with van der Waals surface area (Å²) in [6.45, 7) is 5.42. The van der Waals surface area contributed by atoms with Crippen LogP contribution in [0.2, 0.25) is 8.67 Å². The third kappa shape index (κ3) is 4.02. The molecule has 2 N–H and O–H groups in total. The molecule has 0 radical (unpaired) electrons. The van der Waals surface area contributed by atoms with E-state index in [1.165, 1.54) is 0 Å². The first-order valence-corrected chi connectivity index (χ1v) is 8.79. The molecule has 0 aliphatic carbocycles. The van der Waals surface area contributed by atoms with E-state index in [4.69, 9.17) is 28.9 Å². The number of halogens is 2. The summed E-state index contributed by atoms with van der Waals surface area (Å²) >= 11 is 13.0. The molecule has 4 nitrogen and oxygen atoms in total. The van der Waals surface area contributed by atoms with Gasteiger partial charge < -0.3 is 10.6 Å². The first-order valence-electron chi connectivity index (χ1n) is 7.22. The van der Waals surface area contributed by atoms with Gasteiger partial charge in [-0.1, -0.05) is 37.0 Å². The Morgan fingerprint density at radius 1 is 1.41 bits per heavy atom. The van der Waals surface area contributed by atoms with Crippen LogP contribution in [0.15, 0.2) is 6.07 Å². The molecule has 1 fully saturated rings. The average Bonchev–Trinajstić information content (AvgIpc) is 2.77. The lowest BCUT2D eigenvalue weighted by Crippen LogP contribution is -2.54. The molecule has 0 bridgehead atoms. The van der Waals surface area contributed by atoms with Gasteiger partial charge in [0.15, 0.2) is 5.78 Å². The molecular weight excluding hydrogens is 343 g/mol. The lowest BCUT2D eigenvalue weighted by atomic mass is 9.79. The number of amides is 1. The second-order valence-electron chi connectivity index (χ2n) is 6.36. The monoisotopic (exact) mass is 362 g/mol. The quantitative estimate of drug-likeness (QED) is 0.832. The Bertz CT molecular complexity index is 586. The highest BCUT2D eigenvalue weighted by atomic mass is 35.5. The summed E-state index contributed by atoms with van der Waals surface area (Å²) in [5, 5.41) is 0. The zero-order valence-corrected chi connectivity index (χ0v) is 15.0. The van der Waals surface area contributed by atoms with Gasteiger partial charge in [0.05, 0.1) is 4.34 Å². The molecule has 1 unspecified atom stereocenters. The molecule has 1 aliphatic rings. The number of ketones is 1. The molecule has 1 amide bonds. The maximum Gasteiger partial charge on any atom is 0.223 e. The standard InChI is InChI=1S/C15H20Cl2N2O2S/c1-15(2)8-19(6-5-11(15)18)13(21)4-3-10(20)9-7-12(16)22-14(9)17/h7,11H,3-6,8,18H2,1-2H3. The van der Waals surface area contributed by atoms with Gasteiger partial charge in [0.2, 0.25) is 5.91 Å². The summed E-state index contributed by atoms with van der Waals surface area (Å²) < 4.78 is 0.860. The van der Waals surface area contributed by atoms with Crippen molar-refractivity contribution in [3.05, 3.63) is 20.3 Å². The molecule has 1 saturated heterocycles. The van der Waals surface area contributed by atoms with Crippen molar-refractivity contribution in [1.29, 1.82) is 0 Å². The molecule has 1 aromatic heterocycles. The van der Waals surface area contributed by atoms with E-state index in [9.17, 15) is 9.59 Å². The number of thiophene rings is 1. The summed E-state index contributed by atoms with van der Waals surface area (Å²) in [6, 6.07) is 1.66. The summed E-state index contributed by atoms with van der Waals surface area (Å²) in [6.07, 6.45) is 1.13. The lowest BCUT2D eigenvalue weighted by molar-refractivity contribution is -0.134. The molecule has 22 heavy (non-hydrogen) atoms. The minimum atomic E-state index is -0.144. The summed E-state index contributed by atoms with van der Waals surface area (Å²) in [5.41, 5.74) is 6.39. The number of piperidine rings is 1. The number of hydrogen-bond acceptors (Lipinski definition) is 4. The minimum Gasteiger partial charge on any atom is -0.342 e. The first-order chi connectivity index (χ1) is 10.2. The molecule has 7 heteroatoms. The van der Waals surface area contributed by atoms with E-state index in [0.29, 0.717) is 27.3 Å². The van der Waals surface area contributed by atoms with Crippen LogP contribution in [0.3, 0.4) is 0 Å². The van der Waals surface area contributed by atoms with E-state index in [0.717, 1.165) is 17.8 Å². The number of likely N-dealkylation sites (tertiary alicyclic amines) is 1. The topological polar surface area (TPSA) is 63.4 Å². The third-order valence-electron chi connectivity index (χ3n) is 4.19. The van der Waals surface area contributed by atoms with Crippen molar-refractivity contribution in [3.8, 4) is 0 Å². The zero-order chi connectivity index (χ0) is 16.5. The van der Waals surface area contributed by atoms with Crippen LogP contribution in [0, 0.1) is 5.41 Å². The van der Waals surface area contributed by atoms with E-state index in [1.54, 1.807) is 11.0 Å². The largest absolute Gasteiger partial charge is 0.342 e. The Kier molecular flexibility index (Phi) is 5.54. The fraction of sp³-hybridized carbons (Fsp3) is 0.600. The van der Waals surface area contributed by atoms with E-state index in [1.807, 2.05) is 0 Å². The molecule has 0 aromatic carbocycles. The van der Waals surface area contributed by atoms with Crippen molar-refractivity contribution in [3.63, 3.8) is 0 Å². The zero-order valence-electron chi connectivity index (χ0n) is 12.7. The molecule has 1 aromatic rings. The maximum absolute atomic E-state index is 12.3. The van der Waals surface area contributed by atoms with Gasteiger partial charge in [-0.15, -0.1) is 11.3 Å². The highest BCUT2D eigenvalue weighted by Crippen LogP contribution is 2.32. The van der Waals surface area contributed by atoms with Crippen molar-refractivity contribution >= 4 is 46.2 Å². The molecule has 1 atom stereocenters. The van der Waals surface area contributed by atoms with Crippen LogP contribution < -0.4 is 5.73 Å². The third-order valence-corrected chi connectivity index (χ3v) is 5.68. The molecule has 0 saturated carbocycles. The molecule has 0 spiro atoms. The number of rotatable bonds is 4. The fourth-order valence-electron chi connectivity index (χ4n) is 2.63. The first kappa shape index (κ1) is 17.7. The summed E-state index contributed by atoms with van der Waals surface area (Å²) in [7, 11) is 0. The van der Waals surface area contributed by atoms with E-state index >= 15 is 0 Å². The molecular formula is C15H20Cl2N2O2S. The number of nitrogens with two attached hydrogens (primary N) is 1.